The second-order valence-corrected chi connectivity index (χ2v) is 8.22. The zero-order chi connectivity index (χ0) is 24.4. The van der Waals surface area contributed by atoms with Crippen LogP contribution in [0.3, 0.4) is 0 Å². The van der Waals surface area contributed by atoms with E-state index in [1.54, 1.807) is 63.2 Å². The number of methoxy groups -OCH3 is 1. The molecular weight excluding hydrogens is 426 g/mol. The first-order valence-corrected chi connectivity index (χ1v) is 10.6. The molecule has 9 heteroatoms. The van der Waals surface area contributed by atoms with Crippen LogP contribution >= 0.6 is 0 Å². The number of benzene rings is 2. The van der Waals surface area contributed by atoms with Crippen LogP contribution in [0.5, 0.6) is 11.5 Å². The van der Waals surface area contributed by atoms with Gasteiger partial charge in [-0.2, -0.15) is 0 Å². The van der Waals surface area contributed by atoms with Gasteiger partial charge in [-0.1, -0.05) is 19.1 Å². The highest BCUT2D eigenvalue weighted by molar-refractivity contribution is 5.96. The fourth-order valence-corrected chi connectivity index (χ4v) is 2.70. The summed E-state index contributed by atoms with van der Waals surface area (Å²) < 4.78 is 16.0. The summed E-state index contributed by atoms with van der Waals surface area (Å²) in [4.78, 5) is 36.4. The predicted molar refractivity (Wildman–Crippen MR) is 124 cm³/mol. The average molecular weight is 458 g/mol. The first kappa shape index (κ1) is 25.5. The third kappa shape index (κ3) is 8.72. The maximum absolute atomic E-state index is 12.4. The molecule has 2 rings (SSSR count). The van der Waals surface area contributed by atoms with E-state index in [1.165, 1.54) is 7.11 Å². The van der Waals surface area contributed by atoms with Crippen molar-refractivity contribution in [2.45, 2.75) is 46.1 Å². The van der Waals surface area contributed by atoms with Crippen LogP contribution in [0.15, 0.2) is 42.5 Å². The molecule has 0 heterocycles. The van der Waals surface area contributed by atoms with Crippen LogP contribution in [0, 0.1) is 0 Å². The van der Waals surface area contributed by atoms with Crippen molar-refractivity contribution in [1.29, 1.82) is 0 Å². The normalized spacial score (nSPS) is 10.7. The second-order valence-electron chi connectivity index (χ2n) is 8.22. The molecule has 3 amide bonds. The highest BCUT2D eigenvalue weighted by atomic mass is 16.6. The number of hydrazine groups is 1. The molecule has 0 radical (unpaired) electrons. The Hall–Kier alpha value is -3.75. The van der Waals surface area contributed by atoms with Gasteiger partial charge in [0.15, 0.2) is 11.5 Å². The zero-order valence-electron chi connectivity index (χ0n) is 19.6. The van der Waals surface area contributed by atoms with Gasteiger partial charge < -0.3 is 14.2 Å². The van der Waals surface area contributed by atoms with Gasteiger partial charge in [-0.15, -0.1) is 0 Å². The summed E-state index contributed by atoms with van der Waals surface area (Å²) in [5.74, 6) is 0.0960. The van der Waals surface area contributed by atoms with Crippen LogP contribution < -0.4 is 25.6 Å². The van der Waals surface area contributed by atoms with Crippen molar-refractivity contribution in [2.24, 2.45) is 0 Å². The molecule has 3 N–H and O–H groups in total. The van der Waals surface area contributed by atoms with E-state index in [2.05, 4.69) is 16.2 Å². The van der Waals surface area contributed by atoms with Crippen LogP contribution in [-0.2, 0) is 16.0 Å². The topological polar surface area (TPSA) is 115 Å². The van der Waals surface area contributed by atoms with E-state index in [0.29, 0.717) is 34.9 Å². The van der Waals surface area contributed by atoms with Crippen LogP contribution in [0.1, 0.15) is 50.0 Å². The van der Waals surface area contributed by atoms with Crippen molar-refractivity contribution >= 4 is 23.6 Å². The van der Waals surface area contributed by atoms with Gasteiger partial charge in [0.05, 0.1) is 20.1 Å². The van der Waals surface area contributed by atoms with E-state index in [0.717, 1.165) is 6.42 Å². The lowest BCUT2D eigenvalue weighted by atomic mass is 10.1. The number of amides is 3. The second kappa shape index (κ2) is 11.8. The van der Waals surface area contributed by atoms with Crippen LogP contribution in [0.2, 0.25) is 0 Å². The summed E-state index contributed by atoms with van der Waals surface area (Å²) in [6.07, 6.45) is 0.331. The van der Waals surface area contributed by atoms with Crippen LogP contribution in [0.4, 0.5) is 10.5 Å². The monoisotopic (exact) mass is 457 g/mol. The Morgan fingerprint density at radius 3 is 2.24 bits per heavy atom. The molecule has 0 unspecified atom stereocenters. The van der Waals surface area contributed by atoms with E-state index in [-0.39, 0.29) is 6.42 Å². The zero-order valence-corrected chi connectivity index (χ0v) is 19.6. The van der Waals surface area contributed by atoms with Crippen LogP contribution in [0.25, 0.3) is 0 Å². The van der Waals surface area contributed by atoms with Gasteiger partial charge in [0.25, 0.3) is 5.91 Å². The fraction of sp³-hybridized carbons (Fsp3) is 0.375. The maximum Gasteiger partial charge on any atom is 0.412 e. The first-order chi connectivity index (χ1) is 15.6. The number of ether oxygens (including phenoxy) is 3. The molecule has 0 aromatic heterocycles. The summed E-state index contributed by atoms with van der Waals surface area (Å²) in [7, 11) is 1.49. The SMILES string of the molecule is CCCOc1ccc(C(=O)NNC(=O)Cc2ccc(NC(=O)OC(C)(C)C)cc2)cc1OC. The minimum Gasteiger partial charge on any atom is -0.493 e. The van der Waals surface area contributed by atoms with Gasteiger partial charge >= 0.3 is 6.09 Å². The molecule has 0 aliphatic rings. The fourth-order valence-electron chi connectivity index (χ4n) is 2.70. The number of carbonyl (C=O) groups excluding carboxylic acids is 3. The lowest BCUT2D eigenvalue weighted by Gasteiger charge is -2.19. The quantitative estimate of drug-likeness (QED) is 0.519. The Labute approximate surface area is 193 Å². The standard InChI is InChI=1S/C24H31N3O6/c1-6-13-32-19-12-9-17(15-20(19)31-5)22(29)27-26-21(28)14-16-7-10-18(11-8-16)25-23(30)33-24(2,3)4/h7-12,15H,6,13-14H2,1-5H3,(H,25,30)(H,26,28)(H,27,29). The Morgan fingerprint density at radius 1 is 0.939 bits per heavy atom. The molecule has 0 aliphatic heterocycles. The van der Waals surface area contributed by atoms with Crippen molar-refractivity contribution in [3.05, 3.63) is 53.6 Å². The number of hydrogen-bond acceptors (Lipinski definition) is 6. The summed E-state index contributed by atoms with van der Waals surface area (Å²) in [6, 6.07) is 11.5. The molecule has 0 fully saturated rings. The maximum atomic E-state index is 12.4. The van der Waals surface area contributed by atoms with Gasteiger partial charge in [0, 0.05) is 11.3 Å². The summed E-state index contributed by atoms with van der Waals surface area (Å²) in [5, 5.41) is 2.62. The van der Waals surface area contributed by atoms with Crippen molar-refractivity contribution in [2.75, 3.05) is 19.0 Å². The van der Waals surface area contributed by atoms with Crippen molar-refractivity contribution in [3.63, 3.8) is 0 Å². The number of nitrogens with one attached hydrogen (secondary N) is 3. The molecule has 0 aliphatic carbocycles. The lowest BCUT2D eigenvalue weighted by molar-refractivity contribution is -0.121. The first-order valence-electron chi connectivity index (χ1n) is 10.6. The van der Waals surface area contributed by atoms with Gasteiger partial charge in [0.2, 0.25) is 5.91 Å². The Balaban J connectivity index is 1.86. The van der Waals surface area contributed by atoms with Gasteiger partial charge in [0.1, 0.15) is 5.60 Å². The predicted octanol–water partition coefficient (Wildman–Crippen LogP) is 3.83. The highest BCUT2D eigenvalue weighted by Crippen LogP contribution is 2.28. The minimum atomic E-state index is -0.595. The summed E-state index contributed by atoms with van der Waals surface area (Å²) in [5.41, 5.74) is 5.74. The van der Waals surface area contributed by atoms with E-state index in [1.807, 2.05) is 6.92 Å². The Morgan fingerprint density at radius 2 is 1.64 bits per heavy atom. The van der Waals surface area contributed by atoms with E-state index >= 15 is 0 Å². The minimum absolute atomic E-state index is 0.0418. The van der Waals surface area contributed by atoms with E-state index < -0.39 is 23.5 Å². The number of carbonyl (C=O) groups is 3. The van der Waals surface area contributed by atoms with Crippen LogP contribution in [-0.4, -0.2) is 37.2 Å². The largest absolute Gasteiger partial charge is 0.493 e. The summed E-state index contributed by atoms with van der Waals surface area (Å²) in [6.45, 7) is 7.87. The van der Waals surface area contributed by atoms with Crippen molar-refractivity contribution in [3.8, 4) is 11.5 Å². The van der Waals surface area contributed by atoms with Gasteiger partial charge in [-0.3, -0.25) is 25.8 Å². The molecule has 0 spiro atoms. The molecule has 0 saturated carbocycles. The lowest BCUT2D eigenvalue weighted by Crippen LogP contribution is -2.42. The van der Waals surface area contributed by atoms with Gasteiger partial charge in [-0.05, 0) is 63.1 Å². The van der Waals surface area contributed by atoms with Crippen molar-refractivity contribution < 1.29 is 28.6 Å². The van der Waals surface area contributed by atoms with E-state index in [4.69, 9.17) is 14.2 Å². The van der Waals surface area contributed by atoms with E-state index in [9.17, 15) is 14.4 Å². The highest BCUT2D eigenvalue weighted by Gasteiger charge is 2.16. The third-order valence-corrected chi connectivity index (χ3v) is 4.17. The summed E-state index contributed by atoms with van der Waals surface area (Å²) >= 11 is 0. The third-order valence-electron chi connectivity index (χ3n) is 4.17. The number of anilines is 1. The molecule has 0 bridgehead atoms. The Kier molecular flexibility index (Phi) is 9.08. The molecule has 0 saturated heterocycles. The molecular formula is C24H31N3O6. The molecule has 9 nitrogen and oxygen atoms in total. The van der Waals surface area contributed by atoms with Crippen molar-refractivity contribution in [1.82, 2.24) is 10.9 Å². The van der Waals surface area contributed by atoms with Gasteiger partial charge in [-0.25, -0.2) is 4.79 Å². The number of hydrogen-bond donors (Lipinski definition) is 3. The molecule has 0 atom stereocenters. The Bertz CT molecular complexity index is 967. The smallest absolute Gasteiger partial charge is 0.412 e. The average Bonchev–Trinajstić information content (AvgIpc) is 2.76. The number of rotatable bonds is 8. The molecule has 33 heavy (non-hydrogen) atoms. The molecule has 2 aromatic rings. The molecule has 178 valence electrons. The molecule has 2 aromatic carbocycles.